The normalized spacial score (nSPS) is 14.1. The lowest BCUT2D eigenvalue weighted by Gasteiger charge is -2.26. The van der Waals surface area contributed by atoms with E-state index in [1.54, 1.807) is 31.7 Å². The maximum absolute atomic E-state index is 12.5. The summed E-state index contributed by atoms with van der Waals surface area (Å²) in [6, 6.07) is 10.9. The Morgan fingerprint density at radius 1 is 1.03 bits per heavy atom. The van der Waals surface area contributed by atoms with E-state index in [-0.39, 0.29) is 6.03 Å². The van der Waals surface area contributed by atoms with Crippen molar-refractivity contribution in [1.29, 1.82) is 0 Å². The Morgan fingerprint density at radius 3 is 2.62 bits per heavy atom. The van der Waals surface area contributed by atoms with Gasteiger partial charge in [-0.15, -0.1) is 11.3 Å². The van der Waals surface area contributed by atoms with Gasteiger partial charge in [-0.3, -0.25) is 15.5 Å². The second kappa shape index (κ2) is 10.4. The van der Waals surface area contributed by atoms with Crippen LogP contribution in [0.25, 0.3) is 10.6 Å². The summed E-state index contributed by atoms with van der Waals surface area (Å²) in [5.41, 5.74) is 1.78. The minimum absolute atomic E-state index is 0.383. The van der Waals surface area contributed by atoms with Crippen molar-refractivity contribution >= 4 is 29.0 Å². The van der Waals surface area contributed by atoms with Gasteiger partial charge in [-0.1, -0.05) is 12.5 Å². The lowest BCUT2D eigenvalue weighted by molar-refractivity contribution is 0.218. The number of methoxy groups -OCH3 is 2. The van der Waals surface area contributed by atoms with Gasteiger partial charge in [-0.2, -0.15) is 0 Å². The summed E-state index contributed by atoms with van der Waals surface area (Å²) >= 11 is 1.42. The summed E-state index contributed by atoms with van der Waals surface area (Å²) in [7, 11) is 3.21. The molecule has 1 fully saturated rings. The molecule has 0 bridgehead atoms. The number of likely N-dealkylation sites (tertiary alicyclic amines) is 1. The smallest absolute Gasteiger partial charge is 0.326 e. The predicted molar refractivity (Wildman–Crippen MR) is 127 cm³/mol. The van der Waals surface area contributed by atoms with Gasteiger partial charge in [-0.05, 0) is 50.2 Å². The van der Waals surface area contributed by atoms with Crippen LogP contribution in [0.1, 0.15) is 25.0 Å². The van der Waals surface area contributed by atoms with Crippen LogP contribution in [0.5, 0.6) is 11.5 Å². The van der Waals surface area contributed by atoms with Crippen LogP contribution in [-0.4, -0.2) is 48.2 Å². The Morgan fingerprint density at radius 2 is 1.84 bits per heavy atom. The number of rotatable bonds is 7. The van der Waals surface area contributed by atoms with E-state index in [1.165, 1.54) is 30.6 Å². The Hall–Kier alpha value is -3.17. The number of pyridine rings is 1. The molecule has 0 saturated carbocycles. The molecule has 1 saturated heterocycles. The van der Waals surface area contributed by atoms with Gasteiger partial charge in [0.1, 0.15) is 28.1 Å². The third-order valence-electron chi connectivity index (χ3n) is 5.27. The minimum Gasteiger partial charge on any atom is -0.497 e. The highest BCUT2D eigenvalue weighted by atomic mass is 32.1. The number of anilines is 2. The fourth-order valence-corrected chi connectivity index (χ4v) is 4.46. The van der Waals surface area contributed by atoms with Crippen LogP contribution >= 0.6 is 11.3 Å². The molecular weight excluding hydrogens is 426 g/mol. The number of benzene rings is 1. The van der Waals surface area contributed by atoms with Crippen LogP contribution in [0.3, 0.4) is 0 Å². The first-order chi connectivity index (χ1) is 15.6. The van der Waals surface area contributed by atoms with Crippen molar-refractivity contribution in [1.82, 2.24) is 14.9 Å². The van der Waals surface area contributed by atoms with E-state index in [0.29, 0.717) is 23.1 Å². The van der Waals surface area contributed by atoms with E-state index in [0.717, 1.165) is 35.9 Å². The van der Waals surface area contributed by atoms with Crippen molar-refractivity contribution in [2.24, 2.45) is 0 Å². The van der Waals surface area contributed by atoms with E-state index in [9.17, 15) is 4.79 Å². The quantitative estimate of drug-likeness (QED) is 0.532. The van der Waals surface area contributed by atoms with E-state index in [1.807, 2.05) is 24.3 Å². The number of piperidine rings is 1. The number of hydrogen-bond donors (Lipinski definition) is 2. The molecule has 2 aromatic heterocycles. The van der Waals surface area contributed by atoms with Crippen molar-refractivity contribution in [3.63, 3.8) is 0 Å². The number of ether oxygens (including phenoxy) is 2. The molecule has 0 spiro atoms. The van der Waals surface area contributed by atoms with Crippen LogP contribution in [0.15, 0.2) is 41.8 Å². The first-order valence-electron chi connectivity index (χ1n) is 10.6. The van der Waals surface area contributed by atoms with Gasteiger partial charge in [-0.25, -0.2) is 14.8 Å². The average Bonchev–Trinajstić information content (AvgIpc) is 3.27. The summed E-state index contributed by atoms with van der Waals surface area (Å²) in [6.07, 6.45) is 3.77. The zero-order valence-electron chi connectivity index (χ0n) is 18.3. The molecule has 9 heteroatoms. The fourth-order valence-electron chi connectivity index (χ4n) is 3.68. The molecule has 4 rings (SSSR count). The van der Waals surface area contributed by atoms with E-state index in [4.69, 9.17) is 9.47 Å². The number of nitrogens with one attached hydrogen (secondary N) is 2. The van der Waals surface area contributed by atoms with Crippen LogP contribution in [0, 0.1) is 0 Å². The Kier molecular flexibility index (Phi) is 7.18. The second-order valence-corrected chi connectivity index (χ2v) is 8.39. The zero-order valence-corrected chi connectivity index (χ0v) is 19.1. The van der Waals surface area contributed by atoms with Crippen LogP contribution in [-0.2, 0) is 6.54 Å². The van der Waals surface area contributed by atoms with Gasteiger partial charge in [0.2, 0.25) is 0 Å². The molecule has 3 aromatic rings. The SMILES string of the molecule is COc1ccc(-c2nc(NC(=O)Nc3cccc(CN4CCCCC4)n3)cs2)c(OC)c1. The first kappa shape index (κ1) is 22.0. The standard InChI is InChI=1S/C23H27N5O3S/c1-30-17-9-10-18(19(13-17)31-2)22-25-21(15-32-22)27-23(29)26-20-8-6-7-16(24-20)14-28-11-4-3-5-12-28/h6-10,13,15H,3-5,11-12,14H2,1-2H3,(H2,24,26,27,29). The number of thiazole rings is 1. The molecule has 0 radical (unpaired) electrons. The van der Waals surface area contributed by atoms with E-state index >= 15 is 0 Å². The molecule has 1 aliphatic heterocycles. The molecule has 2 N–H and O–H groups in total. The summed E-state index contributed by atoms with van der Waals surface area (Å²) in [4.78, 5) is 24.0. The summed E-state index contributed by atoms with van der Waals surface area (Å²) in [5.74, 6) is 2.34. The highest BCUT2D eigenvalue weighted by Crippen LogP contribution is 2.35. The number of carbonyl (C=O) groups is 1. The van der Waals surface area contributed by atoms with Crippen LogP contribution in [0.4, 0.5) is 16.4 Å². The molecule has 0 aliphatic carbocycles. The number of nitrogens with zero attached hydrogens (tertiary/aromatic N) is 3. The Labute approximate surface area is 191 Å². The number of hydrogen-bond acceptors (Lipinski definition) is 7. The number of urea groups is 1. The lowest BCUT2D eigenvalue weighted by atomic mass is 10.1. The van der Waals surface area contributed by atoms with E-state index < -0.39 is 0 Å². The van der Waals surface area contributed by atoms with Crippen LogP contribution in [0.2, 0.25) is 0 Å². The van der Waals surface area contributed by atoms with Crippen molar-refractivity contribution in [2.45, 2.75) is 25.8 Å². The maximum Gasteiger partial charge on any atom is 0.326 e. The summed E-state index contributed by atoms with van der Waals surface area (Å²) in [5, 5.41) is 8.10. The Balaban J connectivity index is 1.38. The molecule has 0 unspecified atom stereocenters. The van der Waals surface area contributed by atoms with Crippen molar-refractivity contribution in [3.8, 4) is 22.1 Å². The largest absolute Gasteiger partial charge is 0.497 e. The topological polar surface area (TPSA) is 88.6 Å². The van der Waals surface area contributed by atoms with E-state index in [2.05, 4.69) is 25.5 Å². The molecule has 0 atom stereocenters. The van der Waals surface area contributed by atoms with Crippen LogP contribution < -0.4 is 20.1 Å². The lowest BCUT2D eigenvalue weighted by Crippen LogP contribution is -2.29. The number of carbonyl (C=O) groups excluding carboxylic acids is 1. The third kappa shape index (κ3) is 5.54. The molecule has 3 heterocycles. The van der Waals surface area contributed by atoms with Gasteiger partial charge < -0.3 is 9.47 Å². The van der Waals surface area contributed by atoms with Gasteiger partial charge in [0.05, 0.1) is 25.5 Å². The van der Waals surface area contributed by atoms with Crippen molar-refractivity contribution in [2.75, 3.05) is 37.9 Å². The monoisotopic (exact) mass is 453 g/mol. The summed E-state index contributed by atoms with van der Waals surface area (Å²) in [6.45, 7) is 3.01. The molecule has 2 amide bonds. The van der Waals surface area contributed by atoms with Gasteiger partial charge in [0, 0.05) is 18.0 Å². The maximum atomic E-state index is 12.5. The first-order valence-corrected chi connectivity index (χ1v) is 11.5. The zero-order chi connectivity index (χ0) is 22.3. The van der Waals surface area contributed by atoms with Crippen molar-refractivity contribution in [3.05, 3.63) is 47.5 Å². The van der Waals surface area contributed by atoms with Crippen molar-refractivity contribution < 1.29 is 14.3 Å². The number of amides is 2. The molecule has 168 valence electrons. The average molecular weight is 454 g/mol. The molecular formula is C23H27N5O3S. The van der Waals surface area contributed by atoms with Gasteiger partial charge in [0.15, 0.2) is 0 Å². The van der Waals surface area contributed by atoms with Gasteiger partial charge >= 0.3 is 6.03 Å². The minimum atomic E-state index is -0.383. The molecule has 32 heavy (non-hydrogen) atoms. The highest BCUT2D eigenvalue weighted by Gasteiger charge is 2.14. The van der Waals surface area contributed by atoms with Gasteiger partial charge in [0.25, 0.3) is 0 Å². The second-order valence-electron chi connectivity index (χ2n) is 7.53. The number of aromatic nitrogens is 2. The Bertz CT molecular complexity index is 1070. The molecule has 1 aromatic carbocycles. The summed E-state index contributed by atoms with van der Waals surface area (Å²) < 4.78 is 10.7. The highest BCUT2D eigenvalue weighted by molar-refractivity contribution is 7.13. The molecule has 1 aliphatic rings. The predicted octanol–water partition coefficient (Wildman–Crippen LogP) is 4.85. The third-order valence-corrected chi connectivity index (χ3v) is 6.14. The fraction of sp³-hybridized carbons (Fsp3) is 0.348. The molecule has 8 nitrogen and oxygen atoms in total.